The fourth-order valence-electron chi connectivity index (χ4n) is 5.69. The third kappa shape index (κ3) is 6.80. The number of para-hydroxylation sites is 1. The number of hydrogen-bond acceptors (Lipinski definition) is 6. The maximum Gasteiger partial charge on any atom is 0.320 e. The molecule has 0 amide bonds. The van der Waals surface area contributed by atoms with Gasteiger partial charge >= 0.3 is 6.01 Å². The van der Waals surface area contributed by atoms with Crippen LogP contribution in [0.4, 0.5) is 0 Å². The summed E-state index contributed by atoms with van der Waals surface area (Å²) in [5.41, 5.74) is 3.01. The first-order chi connectivity index (χ1) is 21.2. The Morgan fingerprint density at radius 3 is 2.05 bits per heavy atom. The second-order valence-corrected chi connectivity index (χ2v) is 11.3. The molecule has 6 aromatic rings. The van der Waals surface area contributed by atoms with E-state index in [-0.39, 0.29) is 11.8 Å². The highest BCUT2D eigenvalue weighted by Crippen LogP contribution is 2.35. The first-order valence-corrected chi connectivity index (χ1v) is 15.7. The Morgan fingerprint density at radius 1 is 0.628 bits per heavy atom. The van der Waals surface area contributed by atoms with E-state index < -0.39 is 0 Å². The lowest BCUT2D eigenvalue weighted by Gasteiger charge is -2.10. The van der Waals surface area contributed by atoms with Gasteiger partial charge in [-0.15, -0.1) is 0 Å². The van der Waals surface area contributed by atoms with Crippen LogP contribution in [0.1, 0.15) is 71.1 Å². The Kier molecular flexibility index (Phi) is 9.12. The van der Waals surface area contributed by atoms with Crippen LogP contribution >= 0.6 is 0 Å². The fourth-order valence-corrected chi connectivity index (χ4v) is 5.69. The molecule has 220 valence electrons. The minimum Gasteiger partial charge on any atom is -0.507 e. The first-order valence-electron chi connectivity index (χ1n) is 15.7. The van der Waals surface area contributed by atoms with Crippen LogP contribution < -0.4 is 4.74 Å². The second-order valence-electron chi connectivity index (χ2n) is 11.3. The summed E-state index contributed by atoms with van der Waals surface area (Å²) < 4.78 is 12.3. The lowest BCUT2D eigenvalue weighted by molar-refractivity contribution is 0.281. The van der Waals surface area contributed by atoms with Gasteiger partial charge in [-0.2, -0.15) is 9.97 Å². The number of furan rings is 1. The minimum atomic E-state index is 0.114. The van der Waals surface area contributed by atoms with Crippen molar-refractivity contribution in [3.63, 3.8) is 0 Å². The van der Waals surface area contributed by atoms with Gasteiger partial charge in [0.2, 0.25) is 0 Å². The number of phenols is 1. The van der Waals surface area contributed by atoms with Gasteiger partial charge in [0.05, 0.1) is 12.2 Å². The average Bonchev–Trinajstić information content (AvgIpc) is 3.39. The Hall–Kier alpha value is -4.45. The molecule has 0 spiro atoms. The SMILES string of the molecule is CCCCCCCCCCCCOc1nc(-c2ccc3oc4cc5ccccc5cc4c3c2)nc(-c2ccccc2O)n1. The summed E-state index contributed by atoms with van der Waals surface area (Å²) in [7, 11) is 0. The molecule has 0 unspecified atom stereocenters. The van der Waals surface area contributed by atoms with Crippen LogP contribution in [-0.4, -0.2) is 26.7 Å². The van der Waals surface area contributed by atoms with Crippen LogP contribution in [0.2, 0.25) is 0 Å². The van der Waals surface area contributed by atoms with Crippen LogP contribution in [0, 0.1) is 0 Å². The molecule has 0 atom stereocenters. The quantitative estimate of drug-likeness (QED) is 0.131. The lowest BCUT2D eigenvalue weighted by Crippen LogP contribution is -2.05. The van der Waals surface area contributed by atoms with Gasteiger partial charge in [0.15, 0.2) is 11.6 Å². The number of ether oxygens (including phenoxy) is 1. The van der Waals surface area contributed by atoms with Crippen LogP contribution in [0.25, 0.3) is 55.5 Å². The molecule has 0 aliphatic heterocycles. The Morgan fingerprint density at radius 2 is 1.28 bits per heavy atom. The second kappa shape index (κ2) is 13.7. The van der Waals surface area contributed by atoms with E-state index in [0.717, 1.165) is 51.1 Å². The van der Waals surface area contributed by atoms with E-state index in [4.69, 9.17) is 19.1 Å². The maximum absolute atomic E-state index is 10.6. The molecular formula is C37H39N3O3. The Bertz CT molecular complexity index is 1830. The monoisotopic (exact) mass is 573 g/mol. The number of aromatic nitrogens is 3. The third-order valence-corrected chi connectivity index (χ3v) is 8.08. The fraction of sp³-hybridized carbons (Fsp3) is 0.324. The molecule has 0 saturated carbocycles. The number of fused-ring (bicyclic) bond motifs is 4. The summed E-state index contributed by atoms with van der Waals surface area (Å²) >= 11 is 0. The van der Waals surface area contributed by atoms with E-state index in [9.17, 15) is 5.11 Å². The maximum atomic E-state index is 10.6. The van der Waals surface area contributed by atoms with E-state index >= 15 is 0 Å². The zero-order valence-corrected chi connectivity index (χ0v) is 24.9. The van der Waals surface area contributed by atoms with Gasteiger partial charge in [-0.05, 0) is 59.7 Å². The summed E-state index contributed by atoms with van der Waals surface area (Å²) in [6.45, 7) is 2.80. The molecule has 1 N–H and O–H groups in total. The molecular weight excluding hydrogens is 534 g/mol. The standard InChI is InChI=1S/C37H39N3O3/c1-2-3-4-5-6-7-8-9-10-15-22-42-37-39-35(38-36(40-37)29-18-13-14-19-32(29)41)28-20-21-33-30(24-28)31-23-26-16-11-12-17-27(26)25-34(31)43-33/h11-14,16-21,23-25,41H,2-10,15,22H2,1H3. The highest BCUT2D eigenvalue weighted by molar-refractivity contribution is 6.10. The summed E-state index contributed by atoms with van der Waals surface area (Å²) in [5, 5.41) is 14.9. The van der Waals surface area contributed by atoms with Crippen LogP contribution in [0.5, 0.6) is 11.8 Å². The smallest absolute Gasteiger partial charge is 0.320 e. The predicted octanol–water partition coefficient (Wildman–Crippen LogP) is 10.3. The Balaban J connectivity index is 1.22. The molecule has 6 nitrogen and oxygen atoms in total. The van der Waals surface area contributed by atoms with Crippen molar-refractivity contribution in [3.05, 3.63) is 78.9 Å². The van der Waals surface area contributed by atoms with E-state index in [0.29, 0.717) is 23.8 Å². The van der Waals surface area contributed by atoms with Gasteiger partial charge in [0.1, 0.15) is 16.9 Å². The van der Waals surface area contributed by atoms with Gasteiger partial charge in [-0.25, -0.2) is 4.98 Å². The number of hydrogen-bond donors (Lipinski definition) is 1. The molecule has 0 fully saturated rings. The molecule has 0 radical (unpaired) electrons. The number of phenolic OH excluding ortho intramolecular Hbond substituents is 1. The zero-order chi connectivity index (χ0) is 29.4. The molecule has 0 aliphatic rings. The van der Waals surface area contributed by atoms with E-state index in [1.165, 1.54) is 51.4 Å². The summed E-state index contributed by atoms with van der Waals surface area (Å²) in [6.07, 6.45) is 12.6. The van der Waals surface area contributed by atoms with Crippen molar-refractivity contribution in [2.75, 3.05) is 6.61 Å². The molecule has 6 heteroatoms. The largest absolute Gasteiger partial charge is 0.507 e. The van der Waals surface area contributed by atoms with E-state index in [1.807, 2.05) is 30.3 Å². The van der Waals surface area contributed by atoms with Gasteiger partial charge < -0.3 is 14.3 Å². The molecule has 6 rings (SSSR count). The van der Waals surface area contributed by atoms with Crippen molar-refractivity contribution in [1.82, 2.24) is 15.0 Å². The van der Waals surface area contributed by atoms with Crippen LogP contribution in [-0.2, 0) is 0 Å². The highest BCUT2D eigenvalue weighted by atomic mass is 16.5. The molecule has 2 heterocycles. The summed E-state index contributed by atoms with van der Waals surface area (Å²) in [4.78, 5) is 14.1. The average molecular weight is 574 g/mol. The van der Waals surface area contributed by atoms with Crippen molar-refractivity contribution in [2.45, 2.75) is 71.1 Å². The van der Waals surface area contributed by atoms with Crippen molar-refractivity contribution in [3.8, 4) is 34.5 Å². The number of benzene rings is 4. The van der Waals surface area contributed by atoms with Gasteiger partial charge in [0.25, 0.3) is 0 Å². The summed E-state index contributed by atoms with van der Waals surface area (Å²) in [5.74, 6) is 0.983. The van der Waals surface area contributed by atoms with Gasteiger partial charge in [-0.1, -0.05) is 101 Å². The van der Waals surface area contributed by atoms with E-state index in [1.54, 1.807) is 18.2 Å². The van der Waals surface area contributed by atoms with Gasteiger partial charge in [-0.3, -0.25) is 0 Å². The number of unbranched alkanes of at least 4 members (excludes halogenated alkanes) is 9. The number of aromatic hydroxyl groups is 1. The summed E-state index contributed by atoms with van der Waals surface area (Å²) in [6, 6.07) is 25.9. The normalized spacial score (nSPS) is 11.6. The predicted molar refractivity (Wildman–Crippen MR) is 174 cm³/mol. The van der Waals surface area contributed by atoms with E-state index in [2.05, 4.69) is 42.2 Å². The molecule has 2 aromatic heterocycles. The number of nitrogens with zero attached hydrogens (tertiary/aromatic N) is 3. The first kappa shape index (κ1) is 28.7. The zero-order valence-electron chi connectivity index (χ0n) is 24.9. The minimum absolute atomic E-state index is 0.114. The van der Waals surface area contributed by atoms with Crippen molar-refractivity contribution in [2.24, 2.45) is 0 Å². The highest BCUT2D eigenvalue weighted by Gasteiger charge is 2.16. The van der Waals surface area contributed by atoms with Crippen LogP contribution in [0.3, 0.4) is 0 Å². The third-order valence-electron chi connectivity index (χ3n) is 8.08. The lowest BCUT2D eigenvalue weighted by atomic mass is 10.0. The number of rotatable bonds is 14. The van der Waals surface area contributed by atoms with Crippen molar-refractivity contribution in [1.29, 1.82) is 0 Å². The molecule has 43 heavy (non-hydrogen) atoms. The van der Waals surface area contributed by atoms with Crippen molar-refractivity contribution >= 4 is 32.7 Å². The topological polar surface area (TPSA) is 81.3 Å². The molecule has 0 bridgehead atoms. The van der Waals surface area contributed by atoms with Gasteiger partial charge in [0, 0.05) is 16.3 Å². The van der Waals surface area contributed by atoms with Crippen LogP contribution in [0.15, 0.2) is 83.3 Å². The molecule has 0 aliphatic carbocycles. The molecule has 4 aromatic carbocycles. The Labute approximate surface area is 252 Å². The molecule has 0 saturated heterocycles. The van der Waals surface area contributed by atoms with Crippen molar-refractivity contribution < 1.29 is 14.3 Å².